The quantitative estimate of drug-likeness (QED) is 0.767. The minimum Gasteiger partial charge on any atom is -0.480 e. The van der Waals surface area contributed by atoms with Gasteiger partial charge in [-0.25, -0.2) is 4.98 Å². The number of hydrogen-bond acceptors (Lipinski definition) is 4. The molecule has 0 spiro atoms. The molecular formula is C14H16N4O3. The maximum atomic E-state index is 11.8. The zero-order valence-electron chi connectivity index (χ0n) is 11.8. The summed E-state index contributed by atoms with van der Waals surface area (Å²) in [6.07, 6.45) is 0.764. The van der Waals surface area contributed by atoms with Gasteiger partial charge in [0.25, 0.3) is 5.91 Å². The molecule has 0 fully saturated rings. The number of carbonyl (C=O) groups excluding carboxylic acids is 1. The van der Waals surface area contributed by atoms with Crippen LogP contribution in [0.5, 0.6) is 0 Å². The second-order valence-electron chi connectivity index (χ2n) is 4.57. The van der Waals surface area contributed by atoms with Crippen molar-refractivity contribution in [1.82, 2.24) is 20.5 Å². The van der Waals surface area contributed by atoms with Gasteiger partial charge < -0.3 is 10.4 Å². The van der Waals surface area contributed by atoms with E-state index in [-0.39, 0.29) is 0 Å². The molecule has 21 heavy (non-hydrogen) atoms. The van der Waals surface area contributed by atoms with Crippen LogP contribution in [0.2, 0.25) is 0 Å². The number of H-pyrrole nitrogens is 1. The summed E-state index contributed by atoms with van der Waals surface area (Å²) >= 11 is 0. The Kier molecular flexibility index (Phi) is 4.32. The lowest BCUT2D eigenvalue weighted by Gasteiger charge is -2.09. The molecule has 1 aromatic heterocycles. The van der Waals surface area contributed by atoms with Gasteiger partial charge in [0.05, 0.1) is 0 Å². The number of aromatic nitrogens is 3. The molecule has 1 aromatic carbocycles. The Bertz CT molecular complexity index is 648. The van der Waals surface area contributed by atoms with Crippen LogP contribution < -0.4 is 5.32 Å². The van der Waals surface area contributed by atoms with Gasteiger partial charge in [-0.3, -0.25) is 14.7 Å². The lowest BCUT2D eigenvalue weighted by Crippen LogP contribution is -2.38. The van der Waals surface area contributed by atoms with Crippen LogP contribution in [0, 0.1) is 0 Å². The van der Waals surface area contributed by atoms with Crippen molar-refractivity contribution in [2.24, 2.45) is 0 Å². The molecule has 0 aliphatic heterocycles. The van der Waals surface area contributed by atoms with Crippen molar-refractivity contribution >= 4 is 11.9 Å². The Hall–Kier alpha value is -2.70. The van der Waals surface area contributed by atoms with E-state index in [2.05, 4.69) is 20.5 Å². The highest BCUT2D eigenvalue weighted by atomic mass is 16.4. The zero-order valence-corrected chi connectivity index (χ0v) is 11.8. The molecule has 2 rings (SSSR count). The Balaban J connectivity index is 2.11. The maximum Gasteiger partial charge on any atom is 0.325 e. The number of aromatic amines is 1. The lowest BCUT2D eigenvalue weighted by molar-refractivity contribution is -0.138. The average Bonchev–Trinajstić information content (AvgIpc) is 2.96. The van der Waals surface area contributed by atoms with E-state index < -0.39 is 17.9 Å². The molecule has 0 radical (unpaired) electrons. The van der Waals surface area contributed by atoms with Gasteiger partial charge in [-0.2, -0.15) is 5.10 Å². The molecule has 0 aliphatic carbocycles. The number of hydrogen-bond donors (Lipinski definition) is 3. The van der Waals surface area contributed by atoms with Crippen LogP contribution in [-0.2, 0) is 11.2 Å². The van der Waals surface area contributed by atoms with Gasteiger partial charge in [-0.15, -0.1) is 0 Å². The fraction of sp³-hybridized carbons (Fsp3) is 0.286. The molecule has 2 aromatic rings. The first kappa shape index (κ1) is 14.7. The summed E-state index contributed by atoms with van der Waals surface area (Å²) in [7, 11) is 0. The highest BCUT2D eigenvalue weighted by Crippen LogP contribution is 2.15. The molecule has 0 unspecified atom stereocenters. The minimum atomic E-state index is -1.08. The number of amides is 1. The molecule has 0 aliphatic rings. The molecule has 0 saturated carbocycles. The van der Waals surface area contributed by atoms with E-state index in [4.69, 9.17) is 5.11 Å². The van der Waals surface area contributed by atoms with E-state index in [1.54, 1.807) is 24.3 Å². The van der Waals surface area contributed by atoms with Crippen molar-refractivity contribution in [1.29, 1.82) is 0 Å². The minimum absolute atomic E-state index is 0.387. The average molecular weight is 288 g/mol. The summed E-state index contributed by atoms with van der Waals surface area (Å²) in [6.45, 7) is 3.38. The first-order chi connectivity index (χ1) is 10.0. The van der Waals surface area contributed by atoms with E-state index in [1.165, 1.54) is 6.92 Å². The van der Waals surface area contributed by atoms with Crippen LogP contribution in [0.1, 0.15) is 30.0 Å². The molecule has 7 heteroatoms. The molecule has 1 heterocycles. The van der Waals surface area contributed by atoms with E-state index in [1.807, 2.05) is 6.92 Å². The Labute approximate surface area is 121 Å². The summed E-state index contributed by atoms with van der Waals surface area (Å²) in [4.78, 5) is 26.8. The van der Waals surface area contributed by atoms with Gasteiger partial charge in [0, 0.05) is 17.5 Å². The SMILES string of the molecule is CCc1nc(-c2ccc(C(=O)N[C@H](C)C(=O)O)cc2)n[nH]1. The van der Waals surface area contributed by atoms with Crippen LogP contribution in [0.4, 0.5) is 0 Å². The Morgan fingerprint density at radius 1 is 1.33 bits per heavy atom. The molecule has 3 N–H and O–H groups in total. The van der Waals surface area contributed by atoms with Gasteiger partial charge in [0.1, 0.15) is 11.9 Å². The summed E-state index contributed by atoms with van der Waals surface area (Å²) in [5, 5.41) is 18.1. The molecule has 110 valence electrons. The predicted molar refractivity (Wildman–Crippen MR) is 75.8 cm³/mol. The fourth-order valence-corrected chi connectivity index (χ4v) is 1.69. The van der Waals surface area contributed by atoms with Crippen LogP contribution in [0.25, 0.3) is 11.4 Å². The number of carboxylic acids is 1. The van der Waals surface area contributed by atoms with E-state index in [9.17, 15) is 9.59 Å². The lowest BCUT2D eigenvalue weighted by atomic mass is 10.1. The Morgan fingerprint density at radius 2 is 2.00 bits per heavy atom. The molecule has 1 atom stereocenters. The van der Waals surface area contributed by atoms with Gasteiger partial charge >= 0.3 is 5.97 Å². The first-order valence-corrected chi connectivity index (χ1v) is 6.56. The third-order valence-electron chi connectivity index (χ3n) is 2.99. The monoisotopic (exact) mass is 288 g/mol. The summed E-state index contributed by atoms with van der Waals surface area (Å²) < 4.78 is 0. The molecule has 7 nitrogen and oxygen atoms in total. The smallest absolute Gasteiger partial charge is 0.325 e. The molecule has 0 bridgehead atoms. The van der Waals surface area contributed by atoms with Crippen LogP contribution in [-0.4, -0.2) is 38.2 Å². The van der Waals surface area contributed by atoms with Crippen LogP contribution in [0.15, 0.2) is 24.3 Å². The van der Waals surface area contributed by atoms with Crippen molar-refractivity contribution in [3.63, 3.8) is 0 Å². The number of carboxylic acid groups (broad SMARTS) is 1. The van der Waals surface area contributed by atoms with Crippen molar-refractivity contribution in [3.05, 3.63) is 35.7 Å². The van der Waals surface area contributed by atoms with Crippen LogP contribution in [0.3, 0.4) is 0 Å². The molecule has 1 amide bonds. The number of nitrogens with one attached hydrogen (secondary N) is 2. The molecule has 0 saturated heterocycles. The zero-order chi connectivity index (χ0) is 15.4. The van der Waals surface area contributed by atoms with Crippen molar-refractivity contribution < 1.29 is 14.7 Å². The van der Waals surface area contributed by atoms with E-state index >= 15 is 0 Å². The van der Waals surface area contributed by atoms with E-state index in [0.29, 0.717) is 11.4 Å². The van der Waals surface area contributed by atoms with Gasteiger partial charge in [0.15, 0.2) is 5.82 Å². The number of carbonyl (C=O) groups is 2. The number of rotatable bonds is 5. The second kappa shape index (κ2) is 6.17. The van der Waals surface area contributed by atoms with Crippen LogP contribution >= 0.6 is 0 Å². The second-order valence-corrected chi connectivity index (χ2v) is 4.57. The summed E-state index contributed by atoms with van der Waals surface area (Å²) in [5.41, 5.74) is 1.17. The maximum absolute atomic E-state index is 11.8. The van der Waals surface area contributed by atoms with Crippen molar-refractivity contribution in [3.8, 4) is 11.4 Å². The van der Waals surface area contributed by atoms with Crippen molar-refractivity contribution in [2.45, 2.75) is 26.3 Å². The van der Waals surface area contributed by atoms with E-state index in [0.717, 1.165) is 17.8 Å². The Morgan fingerprint density at radius 3 is 2.52 bits per heavy atom. The standard InChI is InChI=1S/C14H16N4O3/c1-3-11-16-12(18-17-11)9-4-6-10(7-5-9)13(19)15-8(2)14(20)21/h4-8H,3H2,1-2H3,(H,15,19)(H,20,21)(H,16,17,18)/t8-/m1/s1. The third kappa shape index (κ3) is 3.44. The van der Waals surface area contributed by atoms with Gasteiger partial charge in [-0.1, -0.05) is 19.1 Å². The number of aliphatic carboxylic acids is 1. The molecular weight excluding hydrogens is 272 g/mol. The number of aryl methyl sites for hydroxylation is 1. The highest BCUT2D eigenvalue weighted by molar-refractivity contribution is 5.96. The topological polar surface area (TPSA) is 108 Å². The van der Waals surface area contributed by atoms with Gasteiger partial charge in [-0.05, 0) is 19.1 Å². The number of nitrogens with zero attached hydrogens (tertiary/aromatic N) is 2. The summed E-state index contributed by atoms with van der Waals surface area (Å²) in [5.74, 6) is -0.145. The largest absolute Gasteiger partial charge is 0.480 e. The van der Waals surface area contributed by atoms with Crippen molar-refractivity contribution in [2.75, 3.05) is 0 Å². The normalized spacial score (nSPS) is 11.9. The first-order valence-electron chi connectivity index (χ1n) is 6.56. The fourth-order valence-electron chi connectivity index (χ4n) is 1.69. The van der Waals surface area contributed by atoms with Gasteiger partial charge in [0.2, 0.25) is 0 Å². The third-order valence-corrected chi connectivity index (χ3v) is 2.99. The highest BCUT2D eigenvalue weighted by Gasteiger charge is 2.15. The predicted octanol–water partition coefficient (Wildman–Crippen LogP) is 1.24. The number of benzene rings is 1. The summed E-state index contributed by atoms with van der Waals surface area (Å²) in [6, 6.07) is 5.74.